The Morgan fingerprint density at radius 3 is 2.31 bits per heavy atom. The lowest BCUT2D eigenvalue weighted by molar-refractivity contribution is -0.186. The van der Waals surface area contributed by atoms with Gasteiger partial charge in [-0.15, -0.1) is 11.3 Å². The molecule has 1 aliphatic heterocycles. The van der Waals surface area contributed by atoms with Crippen LogP contribution in [0.2, 0.25) is 0 Å². The van der Waals surface area contributed by atoms with Crippen molar-refractivity contribution in [3.63, 3.8) is 0 Å². The summed E-state index contributed by atoms with van der Waals surface area (Å²) in [5, 5.41) is 3.47. The maximum Gasteiger partial charge on any atom is 0.425 e. The van der Waals surface area contributed by atoms with E-state index >= 15 is 0 Å². The number of benzene rings is 1. The van der Waals surface area contributed by atoms with Crippen LogP contribution in [-0.4, -0.2) is 29.3 Å². The molecule has 2 aromatic rings. The predicted molar refractivity (Wildman–Crippen MR) is 114 cm³/mol. The van der Waals surface area contributed by atoms with Gasteiger partial charge >= 0.3 is 6.18 Å². The second-order valence-corrected chi connectivity index (χ2v) is 9.87. The molecule has 5 nitrogen and oxygen atoms in total. The van der Waals surface area contributed by atoms with Crippen molar-refractivity contribution in [2.24, 2.45) is 5.41 Å². The lowest BCUT2D eigenvalue weighted by atomic mass is 9.72. The Kier molecular flexibility index (Phi) is 5.08. The fourth-order valence-electron chi connectivity index (χ4n) is 4.36. The minimum absolute atomic E-state index is 0.0103. The Morgan fingerprint density at radius 2 is 1.75 bits per heavy atom. The monoisotopic (exact) mass is 462 g/mol. The number of thiophene rings is 1. The lowest BCUT2D eigenvalue weighted by Crippen LogP contribution is -2.66. The summed E-state index contributed by atoms with van der Waals surface area (Å²) < 4.78 is 44.1. The zero-order valence-electron chi connectivity index (χ0n) is 17.7. The summed E-state index contributed by atoms with van der Waals surface area (Å²) >= 11 is 0.948. The van der Waals surface area contributed by atoms with Gasteiger partial charge in [-0.2, -0.15) is 13.2 Å². The largest absolute Gasteiger partial charge is 0.425 e. The number of Topliss-reactive ketones (excluding diaryl/α,β-unsaturated/α-hetero) is 1. The van der Waals surface area contributed by atoms with Gasteiger partial charge in [-0.1, -0.05) is 37.6 Å². The van der Waals surface area contributed by atoms with E-state index < -0.39 is 40.3 Å². The van der Waals surface area contributed by atoms with Gasteiger partial charge in [0.05, 0.1) is 10.5 Å². The number of halogens is 3. The number of hydrogen-bond donors (Lipinski definition) is 1. The maximum atomic E-state index is 14.7. The summed E-state index contributed by atoms with van der Waals surface area (Å²) in [5.74, 6) is -3.24. The smallest absolute Gasteiger partial charge is 0.326 e. The third-order valence-corrected chi connectivity index (χ3v) is 6.65. The van der Waals surface area contributed by atoms with Crippen LogP contribution in [0, 0.1) is 12.3 Å². The average molecular weight is 462 g/mol. The highest BCUT2D eigenvalue weighted by Gasteiger charge is 2.72. The van der Waals surface area contributed by atoms with Crippen LogP contribution in [0.1, 0.15) is 41.9 Å². The second kappa shape index (κ2) is 7.30. The van der Waals surface area contributed by atoms with E-state index in [1.807, 2.05) is 12.2 Å². The number of hydrogen-bond acceptors (Lipinski definition) is 4. The van der Waals surface area contributed by atoms with Crippen molar-refractivity contribution in [2.45, 2.75) is 45.3 Å². The standard InChI is InChI=1S/C23H21F3N2O3S/c1-13-6-8-14(9-7-13)28-15-11-21(2,3)12-16(29)18(15)22(20(28)31,23(24,25)26)27-19(30)17-5-4-10-32-17/h4-10H,11-12H2,1-3H3,(H,27,30). The zero-order chi connectivity index (χ0) is 23.5. The Morgan fingerprint density at radius 1 is 1.09 bits per heavy atom. The third kappa shape index (κ3) is 3.35. The average Bonchev–Trinajstić information content (AvgIpc) is 3.28. The summed E-state index contributed by atoms with van der Waals surface area (Å²) in [4.78, 5) is 40.4. The van der Waals surface area contributed by atoms with Crippen LogP contribution >= 0.6 is 11.3 Å². The van der Waals surface area contributed by atoms with Crippen LogP contribution in [0.25, 0.3) is 0 Å². The van der Waals surface area contributed by atoms with Crippen molar-refractivity contribution in [1.82, 2.24) is 5.32 Å². The van der Waals surface area contributed by atoms with E-state index in [0.29, 0.717) is 0 Å². The highest BCUT2D eigenvalue weighted by molar-refractivity contribution is 7.12. The number of rotatable bonds is 3. The molecule has 2 heterocycles. The summed E-state index contributed by atoms with van der Waals surface area (Å²) in [6.45, 7) is 5.35. The second-order valence-electron chi connectivity index (χ2n) is 8.92. The maximum absolute atomic E-state index is 14.7. The molecule has 9 heteroatoms. The Balaban J connectivity index is 1.95. The molecule has 2 amide bonds. The zero-order valence-corrected chi connectivity index (χ0v) is 18.5. The summed E-state index contributed by atoms with van der Waals surface area (Å²) in [6, 6.07) is 9.32. The van der Waals surface area contributed by atoms with Crippen LogP contribution in [0.5, 0.6) is 0 Å². The molecule has 1 unspecified atom stereocenters. The predicted octanol–water partition coefficient (Wildman–Crippen LogP) is 4.78. The van der Waals surface area contributed by atoms with E-state index in [9.17, 15) is 27.6 Å². The van der Waals surface area contributed by atoms with Crippen molar-refractivity contribution in [3.05, 3.63) is 63.5 Å². The van der Waals surface area contributed by atoms with E-state index in [1.165, 1.54) is 24.3 Å². The van der Waals surface area contributed by atoms with Gasteiger partial charge in [-0.3, -0.25) is 19.3 Å². The van der Waals surface area contributed by atoms with Gasteiger partial charge in [0.25, 0.3) is 11.8 Å². The molecule has 4 rings (SSSR count). The van der Waals surface area contributed by atoms with Crippen LogP contribution in [-0.2, 0) is 9.59 Å². The number of nitrogens with zero attached hydrogens (tertiary/aromatic N) is 1. The first kappa shape index (κ1) is 22.3. The van der Waals surface area contributed by atoms with Gasteiger partial charge in [0.15, 0.2) is 5.78 Å². The molecule has 0 fully saturated rings. The van der Waals surface area contributed by atoms with E-state index in [4.69, 9.17) is 0 Å². The van der Waals surface area contributed by atoms with E-state index in [0.717, 1.165) is 21.8 Å². The van der Waals surface area contributed by atoms with Gasteiger partial charge in [0.2, 0.25) is 5.54 Å². The lowest BCUT2D eigenvalue weighted by Gasteiger charge is -2.35. The Hall–Kier alpha value is -2.94. The summed E-state index contributed by atoms with van der Waals surface area (Å²) in [6.07, 6.45) is -5.30. The Bertz CT molecular complexity index is 1130. The van der Waals surface area contributed by atoms with Gasteiger partial charge in [-0.05, 0) is 42.3 Å². The molecule has 1 atom stereocenters. The fourth-order valence-corrected chi connectivity index (χ4v) is 4.98. The molecular formula is C23H21F3N2O3S. The molecule has 2 aliphatic rings. The molecule has 0 spiro atoms. The minimum atomic E-state index is -5.23. The van der Waals surface area contributed by atoms with Crippen molar-refractivity contribution in [1.29, 1.82) is 0 Å². The fraction of sp³-hybridized carbons (Fsp3) is 0.348. The molecule has 1 aliphatic carbocycles. The number of carbonyl (C=O) groups excluding carboxylic acids is 3. The number of amides is 2. The van der Waals surface area contributed by atoms with Gasteiger partial charge in [-0.25, -0.2) is 0 Å². The molecular weight excluding hydrogens is 441 g/mol. The molecule has 168 valence electrons. The van der Waals surface area contributed by atoms with E-state index in [-0.39, 0.29) is 29.1 Å². The molecule has 1 aromatic carbocycles. The number of anilines is 1. The first-order valence-corrected chi connectivity index (χ1v) is 10.9. The first-order chi connectivity index (χ1) is 14.9. The quantitative estimate of drug-likeness (QED) is 0.714. The summed E-state index contributed by atoms with van der Waals surface area (Å²) in [7, 11) is 0. The Labute approximate surface area is 186 Å². The number of alkyl halides is 3. The van der Waals surface area contributed by atoms with Crippen molar-refractivity contribution in [2.75, 3.05) is 4.90 Å². The highest BCUT2D eigenvalue weighted by atomic mass is 32.1. The molecule has 0 saturated heterocycles. The number of ketones is 1. The number of aryl methyl sites for hydroxylation is 1. The molecule has 0 bridgehead atoms. The SMILES string of the molecule is Cc1ccc(N2C(=O)C(NC(=O)c3cccs3)(C(F)(F)F)C3=C2CC(C)(C)CC3=O)cc1. The van der Waals surface area contributed by atoms with E-state index in [1.54, 1.807) is 31.4 Å². The topological polar surface area (TPSA) is 66.5 Å². The van der Waals surface area contributed by atoms with Crippen LogP contribution < -0.4 is 10.2 Å². The van der Waals surface area contributed by atoms with Crippen molar-refractivity contribution >= 4 is 34.6 Å². The van der Waals surface area contributed by atoms with Gasteiger partial charge < -0.3 is 5.32 Å². The van der Waals surface area contributed by atoms with Crippen molar-refractivity contribution < 1.29 is 27.6 Å². The normalized spacial score (nSPS) is 22.9. The minimum Gasteiger partial charge on any atom is -0.326 e. The molecule has 1 N–H and O–H groups in total. The summed E-state index contributed by atoms with van der Waals surface area (Å²) in [5.41, 5.74) is -3.69. The van der Waals surface area contributed by atoms with Gasteiger partial charge in [0, 0.05) is 17.8 Å². The number of carbonyl (C=O) groups is 3. The third-order valence-electron chi connectivity index (χ3n) is 5.78. The van der Waals surface area contributed by atoms with Crippen molar-refractivity contribution in [3.8, 4) is 0 Å². The molecule has 0 radical (unpaired) electrons. The van der Waals surface area contributed by atoms with Crippen LogP contribution in [0.4, 0.5) is 18.9 Å². The van der Waals surface area contributed by atoms with Gasteiger partial charge in [0.1, 0.15) is 0 Å². The number of nitrogens with one attached hydrogen (secondary N) is 1. The van der Waals surface area contributed by atoms with Crippen LogP contribution in [0.15, 0.2) is 53.0 Å². The molecule has 0 saturated carbocycles. The molecule has 32 heavy (non-hydrogen) atoms. The molecule has 1 aromatic heterocycles. The first-order valence-electron chi connectivity index (χ1n) is 9.98. The van der Waals surface area contributed by atoms with Crippen LogP contribution in [0.3, 0.4) is 0 Å². The number of allylic oxidation sites excluding steroid dienone is 1. The highest BCUT2D eigenvalue weighted by Crippen LogP contribution is 2.52. The van der Waals surface area contributed by atoms with E-state index in [2.05, 4.69) is 0 Å².